The molecule has 0 amide bonds. The summed E-state index contributed by atoms with van der Waals surface area (Å²) in [7, 11) is 0. The molecule has 1 heterocycles. The molecule has 0 saturated heterocycles. The molecule has 4 heteroatoms. The molecule has 0 radical (unpaired) electrons. The zero-order chi connectivity index (χ0) is 9.97. The molecule has 0 aliphatic rings. The van der Waals surface area contributed by atoms with E-state index in [2.05, 4.69) is 11.1 Å². The van der Waals surface area contributed by atoms with Crippen LogP contribution in [0.4, 0.5) is 0 Å². The first-order valence-corrected chi connectivity index (χ1v) is 4.51. The number of nitriles is 1. The Balaban J connectivity index is 0.00000112. The second-order valence-electron chi connectivity index (χ2n) is 3.29. The Morgan fingerprint density at radius 1 is 1.40 bits per heavy atom. The van der Waals surface area contributed by atoms with Gasteiger partial charge >= 0.3 is 0 Å². The van der Waals surface area contributed by atoms with Gasteiger partial charge in [-0.1, -0.05) is 12.1 Å². The minimum Gasteiger partial charge on any atom is -0.361 e. The van der Waals surface area contributed by atoms with Gasteiger partial charge in [-0.25, -0.2) is 0 Å². The molecule has 3 N–H and O–H groups in total. The molecule has 0 spiro atoms. The van der Waals surface area contributed by atoms with E-state index in [1.165, 1.54) is 0 Å². The van der Waals surface area contributed by atoms with E-state index in [9.17, 15) is 0 Å². The Hall–Kier alpha value is -1.50. The lowest BCUT2D eigenvalue weighted by Crippen LogP contribution is -2.08. The maximum atomic E-state index is 8.53. The van der Waals surface area contributed by atoms with Crippen molar-refractivity contribution in [1.29, 1.82) is 5.26 Å². The van der Waals surface area contributed by atoms with Crippen molar-refractivity contribution in [3.63, 3.8) is 0 Å². The summed E-state index contributed by atoms with van der Waals surface area (Å²) in [5, 5.41) is 9.70. The number of fused-ring (bicyclic) bond motifs is 1. The van der Waals surface area contributed by atoms with Crippen LogP contribution in [-0.2, 0) is 0 Å². The average molecular weight is 222 g/mol. The van der Waals surface area contributed by atoms with Crippen LogP contribution < -0.4 is 5.73 Å². The molecule has 0 bridgehead atoms. The number of halogens is 1. The van der Waals surface area contributed by atoms with Crippen molar-refractivity contribution < 1.29 is 0 Å². The monoisotopic (exact) mass is 221 g/mol. The van der Waals surface area contributed by atoms with Crippen molar-refractivity contribution in [2.45, 2.75) is 12.5 Å². The van der Waals surface area contributed by atoms with Crippen LogP contribution in [0.2, 0.25) is 0 Å². The van der Waals surface area contributed by atoms with Gasteiger partial charge < -0.3 is 10.7 Å². The zero-order valence-electron chi connectivity index (χ0n) is 8.10. The highest BCUT2D eigenvalue weighted by molar-refractivity contribution is 5.85. The number of aromatic amines is 1. The van der Waals surface area contributed by atoms with Crippen LogP contribution >= 0.6 is 12.4 Å². The molecule has 0 unspecified atom stereocenters. The highest BCUT2D eigenvalue weighted by atomic mass is 35.5. The topological polar surface area (TPSA) is 65.6 Å². The second kappa shape index (κ2) is 4.83. The van der Waals surface area contributed by atoms with Gasteiger partial charge in [-0.3, -0.25) is 0 Å². The predicted molar refractivity (Wildman–Crippen MR) is 62.7 cm³/mol. The molecule has 0 fully saturated rings. The molecule has 78 valence electrons. The summed E-state index contributed by atoms with van der Waals surface area (Å²) in [5.74, 6) is 0. The Morgan fingerprint density at radius 2 is 2.20 bits per heavy atom. The molecule has 0 saturated carbocycles. The summed E-state index contributed by atoms with van der Waals surface area (Å²) >= 11 is 0. The van der Waals surface area contributed by atoms with Crippen molar-refractivity contribution in [2.75, 3.05) is 0 Å². The van der Waals surface area contributed by atoms with Crippen molar-refractivity contribution in [1.82, 2.24) is 4.98 Å². The van der Waals surface area contributed by atoms with Gasteiger partial charge in [0.05, 0.1) is 12.5 Å². The van der Waals surface area contributed by atoms with E-state index in [0.717, 1.165) is 16.5 Å². The normalized spacial score (nSPS) is 11.7. The Labute approximate surface area is 94.3 Å². The molecule has 1 aromatic heterocycles. The van der Waals surface area contributed by atoms with Gasteiger partial charge in [0, 0.05) is 17.8 Å². The lowest BCUT2D eigenvalue weighted by molar-refractivity contribution is 0.749. The second-order valence-corrected chi connectivity index (χ2v) is 3.29. The molecular formula is C11H12ClN3. The van der Waals surface area contributed by atoms with E-state index in [4.69, 9.17) is 11.0 Å². The van der Waals surface area contributed by atoms with Gasteiger partial charge in [0.15, 0.2) is 0 Å². The lowest BCUT2D eigenvalue weighted by Gasteiger charge is -2.07. The number of nitrogens with two attached hydrogens (primary N) is 1. The van der Waals surface area contributed by atoms with E-state index < -0.39 is 0 Å². The average Bonchev–Trinajstić information content (AvgIpc) is 2.64. The first kappa shape index (κ1) is 11.6. The standard InChI is InChI=1S/C11H11N3.ClH/c12-5-3-10(13)9-2-1-8-4-6-14-11(8)7-9;/h1-2,4,6-7,10,14H,3,13H2;1H/t10-;/m1./s1. The van der Waals surface area contributed by atoms with E-state index in [1.54, 1.807) is 0 Å². The maximum absolute atomic E-state index is 8.53. The van der Waals surface area contributed by atoms with Crippen LogP contribution in [0.1, 0.15) is 18.0 Å². The summed E-state index contributed by atoms with van der Waals surface area (Å²) in [4.78, 5) is 3.12. The van der Waals surface area contributed by atoms with E-state index >= 15 is 0 Å². The van der Waals surface area contributed by atoms with E-state index in [0.29, 0.717) is 6.42 Å². The van der Waals surface area contributed by atoms with Crippen LogP contribution in [0.25, 0.3) is 10.9 Å². The van der Waals surface area contributed by atoms with Crippen LogP contribution in [-0.4, -0.2) is 4.98 Å². The van der Waals surface area contributed by atoms with Crippen molar-refractivity contribution in [3.05, 3.63) is 36.0 Å². The zero-order valence-corrected chi connectivity index (χ0v) is 8.92. The minimum absolute atomic E-state index is 0. The number of H-pyrrole nitrogens is 1. The van der Waals surface area contributed by atoms with Gasteiger partial charge in [0.2, 0.25) is 0 Å². The largest absolute Gasteiger partial charge is 0.361 e. The minimum atomic E-state index is -0.187. The number of hydrogen-bond donors (Lipinski definition) is 2. The Bertz CT molecular complexity index is 484. The Morgan fingerprint density at radius 3 is 2.93 bits per heavy atom. The first-order chi connectivity index (χ1) is 6.81. The van der Waals surface area contributed by atoms with Gasteiger partial charge in [-0.2, -0.15) is 5.26 Å². The van der Waals surface area contributed by atoms with Crippen molar-refractivity contribution in [2.24, 2.45) is 5.73 Å². The van der Waals surface area contributed by atoms with Crippen LogP contribution in [0.15, 0.2) is 30.5 Å². The molecule has 1 atom stereocenters. The fourth-order valence-corrected chi connectivity index (χ4v) is 1.51. The third kappa shape index (κ3) is 2.30. The van der Waals surface area contributed by atoms with Gasteiger partial charge in [-0.05, 0) is 23.1 Å². The molecule has 0 aliphatic heterocycles. The van der Waals surface area contributed by atoms with Gasteiger partial charge in [0.25, 0.3) is 0 Å². The summed E-state index contributed by atoms with van der Waals surface area (Å²) in [5.41, 5.74) is 7.90. The Kier molecular flexibility index (Phi) is 3.73. The third-order valence-corrected chi connectivity index (χ3v) is 2.32. The molecule has 15 heavy (non-hydrogen) atoms. The summed E-state index contributed by atoms with van der Waals surface area (Å²) < 4.78 is 0. The summed E-state index contributed by atoms with van der Waals surface area (Å²) in [6, 6.07) is 9.87. The maximum Gasteiger partial charge on any atom is 0.0641 e. The molecule has 2 rings (SSSR count). The van der Waals surface area contributed by atoms with Crippen LogP contribution in [0.5, 0.6) is 0 Å². The van der Waals surface area contributed by atoms with Crippen LogP contribution in [0, 0.1) is 11.3 Å². The highest BCUT2D eigenvalue weighted by Gasteiger charge is 2.05. The molecule has 3 nitrogen and oxygen atoms in total. The SMILES string of the molecule is Cl.N#CC[C@@H](N)c1ccc2cc[nH]c2c1. The predicted octanol–water partition coefficient (Wildman–Crippen LogP) is 2.50. The fraction of sp³-hybridized carbons (Fsp3) is 0.182. The fourth-order valence-electron chi connectivity index (χ4n) is 1.51. The number of rotatable bonds is 2. The molecule has 1 aromatic carbocycles. The summed E-state index contributed by atoms with van der Waals surface area (Å²) in [6.45, 7) is 0. The van der Waals surface area contributed by atoms with E-state index in [-0.39, 0.29) is 18.4 Å². The quantitative estimate of drug-likeness (QED) is 0.818. The van der Waals surface area contributed by atoms with Gasteiger partial charge in [0.1, 0.15) is 0 Å². The molecule has 0 aliphatic carbocycles. The van der Waals surface area contributed by atoms with Crippen molar-refractivity contribution in [3.8, 4) is 6.07 Å². The summed E-state index contributed by atoms with van der Waals surface area (Å²) in [6.07, 6.45) is 2.25. The first-order valence-electron chi connectivity index (χ1n) is 4.51. The van der Waals surface area contributed by atoms with Crippen LogP contribution in [0.3, 0.4) is 0 Å². The third-order valence-electron chi connectivity index (χ3n) is 2.32. The number of aromatic nitrogens is 1. The number of benzene rings is 1. The number of nitrogens with one attached hydrogen (secondary N) is 1. The van der Waals surface area contributed by atoms with E-state index in [1.807, 2.05) is 30.5 Å². The highest BCUT2D eigenvalue weighted by Crippen LogP contribution is 2.19. The van der Waals surface area contributed by atoms with Gasteiger partial charge in [-0.15, -0.1) is 12.4 Å². The number of hydrogen-bond acceptors (Lipinski definition) is 2. The molecule has 2 aromatic rings. The number of nitrogens with zero attached hydrogens (tertiary/aromatic N) is 1. The molecular weight excluding hydrogens is 210 g/mol. The van der Waals surface area contributed by atoms with Crippen molar-refractivity contribution >= 4 is 23.3 Å². The lowest BCUT2D eigenvalue weighted by atomic mass is 10.0. The smallest absolute Gasteiger partial charge is 0.0641 e.